The molecule has 0 heterocycles. The number of esters is 1. The van der Waals surface area contributed by atoms with Crippen LogP contribution in [0.3, 0.4) is 0 Å². The molecule has 0 saturated heterocycles. The number of rotatable bonds is 6. The predicted molar refractivity (Wildman–Crippen MR) is 88.8 cm³/mol. The van der Waals surface area contributed by atoms with Gasteiger partial charge in [0.15, 0.2) is 0 Å². The van der Waals surface area contributed by atoms with Crippen LogP contribution in [0, 0.1) is 5.41 Å². The lowest BCUT2D eigenvalue weighted by Crippen LogP contribution is -2.39. The van der Waals surface area contributed by atoms with E-state index in [0.29, 0.717) is 30.7 Å². The Morgan fingerprint density at radius 3 is 1.59 bits per heavy atom. The van der Waals surface area contributed by atoms with Crippen LogP contribution >= 0.6 is 0 Å². The molecule has 29 heavy (non-hydrogen) atoms. The first-order chi connectivity index (χ1) is 12.8. The van der Waals surface area contributed by atoms with Crippen LogP contribution in [0.25, 0.3) is 0 Å². The molecule has 0 bridgehead atoms. The lowest BCUT2D eigenvalue weighted by molar-refractivity contribution is -0.144. The first-order valence-electron chi connectivity index (χ1n) is 7.71. The van der Waals surface area contributed by atoms with Crippen molar-refractivity contribution in [2.24, 2.45) is 5.41 Å². The molecule has 6 nitrogen and oxygen atoms in total. The van der Waals surface area contributed by atoms with Gasteiger partial charge in [-0.05, 0) is 38.0 Å². The molecule has 0 unspecified atom stereocenters. The molecule has 0 atom stereocenters. The minimum absolute atomic E-state index is 0.326. The third-order valence-electron chi connectivity index (χ3n) is 4.01. The molecule has 0 aromatic heterocycles. The lowest BCUT2D eigenvalue weighted by Gasteiger charge is -2.22. The molecule has 1 aromatic rings. The topological polar surface area (TPSA) is 94.6 Å². The molecule has 0 aliphatic carbocycles. The molecular weight excluding hydrogens is 454 g/mol. The van der Waals surface area contributed by atoms with E-state index in [-0.39, 0.29) is 5.75 Å². The van der Waals surface area contributed by atoms with Gasteiger partial charge in [-0.3, -0.25) is 4.79 Å². The zero-order valence-electron chi connectivity index (χ0n) is 15.1. The van der Waals surface area contributed by atoms with Crippen molar-refractivity contribution < 1.29 is 52.7 Å². The van der Waals surface area contributed by atoms with Gasteiger partial charge in [0.2, 0.25) is 4.58 Å². The Balaban J connectivity index is 3.49. The Morgan fingerprint density at radius 1 is 0.897 bits per heavy atom. The van der Waals surface area contributed by atoms with E-state index in [9.17, 15) is 48.0 Å². The van der Waals surface area contributed by atoms with Gasteiger partial charge in [0, 0.05) is 0 Å². The van der Waals surface area contributed by atoms with Gasteiger partial charge in [-0.1, -0.05) is 19.1 Å². The first kappa shape index (κ1) is 25.2. The zero-order chi connectivity index (χ0) is 23.1. The van der Waals surface area contributed by atoms with Crippen LogP contribution in [0.15, 0.2) is 24.3 Å². The highest BCUT2D eigenvalue weighted by molar-refractivity contribution is 8.09. The number of hydrogen-bond donors (Lipinski definition) is 0. The second-order valence-corrected chi connectivity index (χ2v) is 10.9. The average molecular weight is 470 g/mol. The fourth-order valence-corrected chi connectivity index (χ4v) is 5.36. The highest BCUT2D eigenvalue weighted by Gasteiger charge is 2.63. The maximum Gasteiger partial charge on any atom is 0.499 e. The number of halogens is 6. The van der Waals surface area contributed by atoms with Gasteiger partial charge >= 0.3 is 17.0 Å². The summed E-state index contributed by atoms with van der Waals surface area (Å²) in [6.45, 7) is 4.70. The van der Waals surface area contributed by atoms with Crippen LogP contribution in [-0.2, 0) is 24.5 Å². The molecule has 0 radical (unpaired) electrons. The third-order valence-corrected chi connectivity index (χ3v) is 8.49. The van der Waals surface area contributed by atoms with Gasteiger partial charge in [-0.2, -0.15) is 26.3 Å². The van der Waals surface area contributed by atoms with Crippen molar-refractivity contribution in [2.75, 3.05) is 0 Å². The number of alkyl halides is 6. The van der Waals surface area contributed by atoms with E-state index in [2.05, 4.69) is 0 Å². The Labute approximate surface area is 162 Å². The molecule has 0 fully saturated rings. The monoisotopic (exact) mass is 470 g/mol. The van der Waals surface area contributed by atoms with Crippen molar-refractivity contribution in [3.8, 4) is 5.75 Å². The van der Waals surface area contributed by atoms with E-state index in [0.717, 1.165) is 0 Å². The summed E-state index contributed by atoms with van der Waals surface area (Å²) in [6, 6.07) is 2.20. The van der Waals surface area contributed by atoms with Crippen molar-refractivity contribution >= 4 is 25.6 Å². The number of ether oxygens (including phenoxy) is 1. The van der Waals surface area contributed by atoms with Crippen molar-refractivity contribution in [3.05, 3.63) is 29.8 Å². The molecule has 0 aliphatic rings. The summed E-state index contributed by atoms with van der Waals surface area (Å²) in [5.41, 5.74) is -14.8. The zero-order valence-corrected chi connectivity index (χ0v) is 16.8. The smallest absolute Gasteiger partial charge is 0.426 e. The van der Waals surface area contributed by atoms with E-state index in [1.807, 2.05) is 0 Å². The van der Waals surface area contributed by atoms with Crippen molar-refractivity contribution in [3.63, 3.8) is 0 Å². The summed E-state index contributed by atoms with van der Waals surface area (Å²) < 4.78 is 124. The molecule has 1 rings (SSSR count). The van der Waals surface area contributed by atoms with Crippen LogP contribution in [0.5, 0.6) is 5.75 Å². The molecule has 166 valence electrons. The normalized spacial score (nSPS) is 14.1. The Kier molecular flexibility index (Phi) is 6.76. The van der Waals surface area contributed by atoms with E-state index in [1.54, 1.807) is 6.92 Å². The minimum atomic E-state index is -6.81. The molecule has 0 N–H and O–H groups in total. The summed E-state index contributed by atoms with van der Waals surface area (Å²) in [6.07, 6.45) is 0.347. The van der Waals surface area contributed by atoms with Crippen LogP contribution in [-0.4, -0.2) is 33.8 Å². The third kappa shape index (κ3) is 5.02. The van der Waals surface area contributed by atoms with Crippen LogP contribution in [0.2, 0.25) is 0 Å². The average Bonchev–Trinajstić information content (AvgIpc) is 2.54. The first-order valence-corrected chi connectivity index (χ1v) is 10.8. The van der Waals surface area contributed by atoms with Gasteiger partial charge in [-0.25, -0.2) is 16.8 Å². The van der Waals surface area contributed by atoms with Gasteiger partial charge in [0.25, 0.3) is 19.7 Å². The molecular formula is C15H16F6O6S2. The van der Waals surface area contributed by atoms with E-state index < -0.39 is 52.2 Å². The molecule has 0 aliphatic heterocycles. The molecule has 0 amide bonds. The Hall–Kier alpha value is -1.83. The number of carbonyl (C=O) groups is 1. The number of sulfone groups is 2. The van der Waals surface area contributed by atoms with E-state index in [1.165, 1.54) is 13.8 Å². The fraction of sp³-hybridized carbons (Fsp3) is 0.533. The van der Waals surface area contributed by atoms with E-state index >= 15 is 0 Å². The molecule has 0 spiro atoms. The standard InChI is InChI=1S/C15H16F6O6S2/c1-4-13(2,3)12(22)27-10-7-5-9(6-8-10)11(28(23,24)14(16,17)18)29(25,26)15(19,20)21/h5-8,11H,4H2,1-3H3. The lowest BCUT2D eigenvalue weighted by atomic mass is 9.91. The maximum absolute atomic E-state index is 12.8. The van der Waals surface area contributed by atoms with Crippen LogP contribution < -0.4 is 4.74 Å². The summed E-state index contributed by atoms with van der Waals surface area (Å²) in [7, 11) is -13.6. The highest BCUT2D eigenvalue weighted by atomic mass is 32.3. The van der Waals surface area contributed by atoms with Crippen LogP contribution in [0.4, 0.5) is 26.3 Å². The molecule has 1 aromatic carbocycles. The van der Waals surface area contributed by atoms with Crippen molar-refractivity contribution in [1.82, 2.24) is 0 Å². The largest absolute Gasteiger partial charge is 0.499 e. The predicted octanol–water partition coefficient (Wildman–Crippen LogP) is 3.90. The number of benzene rings is 1. The summed E-state index contributed by atoms with van der Waals surface area (Å²) in [5.74, 6) is -1.09. The second-order valence-electron chi connectivity index (χ2n) is 6.51. The van der Waals surface area contributed by atoms with Gasteiger partial charge < -0.3 is 4.74 Å². The van der Waals surface area contributed by atoms with Crippen LogP contribution in [0.1, 0.15) is 37.3 Å². The van der Waals surface area contributed by atoms with Gasteiger partial charge in [-0.15, -0.1) is 0 Å². The van der Waals surface area contributed by atoms with Crippen molar-refractivity contribution in [1.29, 1.82) is 0 Å². The van der Waals surface area contributed by atoms with E-state index in [4.69, 9.17) is 4.74 Å². The SMILES string of the molecule is CCC(C)(C)C(=O)Oc1ccc(C(S(=O)(=O)C(F)(F)F)S(=O)(=O)C(F)(F)F)cc1. The Morgan fingerprint density at radius 2 is 1.28 bits per heavy atom. The van der Waals surface area contributed by atoms with Gasteiger partial charge in [0.05, 0.1) is 5.41 Å². The summed E-state index contributed by atoms with van der Waals surface area (Å²) >= 11 is 0. The number of carbonyl (C=O) groups excluding carboxylic acids is 1. The fourth-order valence-electron chi connectivity index (χ4n) is 1.85. The quantitative estimate of drug-likeness (QED) is 0.356. The number of hydrogen-bond acceptors (Lipinski definition) is 6. The highest BCUT2D eigenvalue weighted by Crippen LogP contribution is 2.45. The van der Waals surface area contributed by atoms with Gasteiger partial charge in [0.1, 0.15) is 5.75 Å². The second kappa shape index (κ2) is 7.78. The minimum Gasteiger partial charge on any atom is -0.426 e. The molecule has 14 heteroatoms. The summed E-state index contributed by atoms with van der Waals surface area (Å²) in [4.78, 5) is 12.0. The molecule has 0 saturated carbocycles. The maximum atomic E-state index is 12.8. The Bertz CT molecular complexity index is 916. The van der Waals surface area contributed by atoms with Crippen molar-refractivity contribution in [2.45, 2.75) is 42.8 Å². The summed E-state index contributed by atoms with van der Waals surface area (Å²) in [5, 5.41) is 0.